The first-order valence-electron chi connectivity index (χ1n) is 10.0. The van der Waals surface area contributed by atoms with Crippen LogP contribution >= 0.6 is 24.0 Å². The molecule has 1 saturated heterocycles. The Labute approximate surface area is 192 Å². The zero-order valence-electron chi connectivity index (χ0n) is 16.9. The van der Waals surface area contributed by atoms with E-state index in [0.717, 1.165) is 38.2 Å². The first-order chi connectivity index (χ1) is 14.6. The number of hydrogen-bond acceptors (Lipinski definition) is 7. The van der Waals surface area contributed by atoms with Crippen molar-refractivity contribution < 1.29 is 4.74 Å². The normalized spacial score (nSPS) is 19.0. The zero-order valence-corrected chi connectivity index (χ0v) is 18.4. The number of hydrogen-bond donors (Lipinski definition) is 2. The highest BCUT2D eigenvalue weighted by Crippen LogP contribution is 2.50. The SMILES string of the molecule is Cl.Nc1nccc(Oc2cnc(N3CCC4(CC3)Cc3ccccc3[C@H]4N)cn2)c1Cl. The van der Waals surface area contributed by atoms with Gasteiger partial charge in [-0.05, 0) is 35.8 Å². The van der Waals surface area contributed by atoms with E-state index >= 15 is 0 Å². The minimum atomic E-state index is 0. The van der Waals surface area contributed by atoms with E-state index in [0.29, 0.717) is 11.6 Å². The number of anilines is 2. The number of fused-ring (bicyclic) bond motifs is 1. The summed E-state index contributed by atoms with van der Waals surface area (Å²) >= 11 is 6.12. The molecule has 1 aromatic carbocycles. The molecule has 3 aromatic rings. The molecule has 0 unspecified atom stereocenters. The summed E-state index contributed by atoms with van der Waals surface area (Å²) in [7, 11) is 0. The van der Waals surface area contributed by atoms with E-state index in [4.69, 9.17) is 27.8 Å². The quantitative estimate of drug-likeness (QED) is 0.606. The number of rotatable bonds is 3. The van der Waals surface area contributed by atoms with Crippen LogP contribution in [0.5, 0.6) is 11.6 Å². The first-order valence-corrected chi connectivity index (χ1v) is 10.4. The lowest BCUT2D eigenvalue weighted by atomic mass is 9.73. The van der Waals surface area contributed by atoms with E-state index in [2.05, 4.69) is 44.1 Å². The van der Waals surface area contributed by atoms with E-state index in [1.54, 1.807) is 18.5 Å². The highest BCUT2D eigenvalue weighted by Gasteiger charge is 2.45. The van der Waals surface area contributed by atoms with Crippen molar-refractivity contribution in [3.8, 4) is 11.6 Å². The number of nitrogens with zero attached hydrogens (tertiary/aromatic N) is 4. The van der Waals surface area contributed by atoms with Crippen LogP contribution in [0.25, 0.3) is 0 Å². The molecule has 2 aliphatic rings. The average molecular weight is 459 g/mol. The largest absolute Gasteiger partial charge is 0.436 e. The third kappa shape index (κ3) is 3.89. The molecule has 0 bridgehead atoms. The lowest BCUT2D eigenvalue weighted by Gasteiger charge is -2.42. The maximum absolute atomic E-state index is 6.67. The van der Waals surface area contributed by atoms with Crippen LogP contribution in [0.2, 0.25) is 5.02 Å². The van der Waals surface area contributed by atoms with Crippen LogP contribution in [-0.4, -0.2) is 28.0 Å². The number of ether oxygens (including phenoxy) is 1. The van der Waals surface area contributed by atoms with Crippen LogP contribution in [0.1, 0.15) is 30.0 Å². The van der Waals surface area contributed by atoms with Crippen LogP contribution in [0, 0.1) is 5.41 Å². The van der Waals surface area contributed by atoms with E-state index in [1.165, 1.54) is 17.3 Å². The Morgan fingerprint density at radius 1 is 1.06 bits per heavy atom. The van der Waals surface area contributed by atoms with Crippen LogP contribution < -0.4 is 21.1 Å². The van der Waals surface area contributed by atoms with E-state index in [9.17, 15) is 0 Å². The van der Waals surface area contributed by atoms with Crippen molar-refractivity contribution in [2.24, 2.45) is 11.1 Å². The molecule has 1 atom stereocenters. The Balaban J connectivity index is 0.00000231. The second-order valence-electron chi connectivity index (χ2n) is 8.03. The molecular formula is C22H24Cl2N6O. The fourth-order valence-electron chi connectivity index (χ4n) is 4.64. The van der Waals surface area contributed by atoms with Gasteiger partial charge in [0.25, 0.3) is 0 Å². The van der Waals surface area contributed by atoms with Gasteiger partial charge < -0.3 is 21.1 Å². The van der Waals surface area contributed by atoms with E-state index in [-0.39, 0.29) is 34.7 Å². The number of piperidine rings is 1. The van der Waals surface area contributed by atoms with Gasteiger partial charge in [0.15, 0.2) is 5.75 Å². The molecule has 5 rings (SSSR count). The molecule has 9 heteroatoms. The van der Waals surface area contributed by atoms with Gasteiger partial charge in [-0.15, -0.1) is 12.4 Å². The van der Waals surface area contributed by atoms with Crippen LogP contribution in [0.15, 0.2) is 48.9 Å². The van der Waals surface area contributed by atoms with Gasteiger partial charge in [0.2, 0.25) is 5.88 Å². The summed E-state index contributed by atoms with van der Waals surface area (Å²) in [5.41, 5.74) is 15.2. The van der Waals surface area contributed by atoms with E-state index < -0.39 is 0 Å². The van der Waals surface area contributed by atoms with Gasteiger partial charge in [-0.25, -0.2) is 15.0 Å². The standard InChI is InChI=1S/C22H23ClN6O.ClH/c23-19-16(5-8-26-21(19)25)30-18-13-27-17(12-28-18)29-9-6-22(7-10-29)11-14-3-1-2-4-15(14)20(22)24;/h1-5,8,12-13,20H,6-7,9-11,24H2,(H2,25,26);1H/t20-;/m1./s1. The highest BCUT2D eigenvalue weighted by atomic mass is 35.5. The number of nitrogen functional groups attached to an aromatic ring is 1. The van der Waals surface area contributed by atoms with Crippen LogP contribution in [-0.2, 0) is 6.42 Å². The molecule has 7 nitrogen and oxygen atoms in total. The maximum atomic E-state index is 6.67. The van der Waals surface area contributed by atoms with E-state index in [1.807, 2.05) is 0 Å². The molecule has 0 saturated carbocycles. The summed E-state index contributed by atoms with van der Waals surface area (Å²) in [6, 6.07) is 10.3. The Kier molecular flexibility index (Phi) is 5.92. The third-order valence-electron chi connectivity index (χ3n) is 6.39. The summed E-state index contributed by atoms with van der Waals surface area (Å²) in [5, 5.41) is 0.263. The molecular weight excluding hydrogens is 435 g/mol. The fourth-order valence-corrected chi connectivity index (χ4v) is 4.80. The predicted molar refractivity (Wildman–Crippen MR) is 124 cm³/mol. The number of nitrogens with two attached hydrogens (primary N) is 2. The van der Waals surface area contributed by atoms with Gasteiger partial charge in [-0.2, -0.15) is 0 Å². The van der Waals surface area contributed by atoms with Crippen molar-refractivity contribution in [3.63, 3.8) is 0 Å². The number of aromatic nitrogens is 3. The molecule has 0 radical (unpaired) electrons. The maximum Gasteiger partial charge on any atom is 0.238 e. The molecule has 4 N–H and O–H groups in total. The van der Waals surface area contributed by atoms with Crippen molar-refractivity contribution in [3.05, 3.63) is 65.1 Å². The van der Waals surface area contributed by atoms with Crippen LogP contribution in [0.3, 0.4) is 0 Å². The van der Waals surface area contributed by atoms with Crippen molar-refractivity contribution in [2.75, 3.05) is 23.7 Å². The Hall–Kier alpha value is -2.61. The minimum Gasteiger partial charge on any atom is -0.436 e. The molecule has 31 heavy (non-hydrogen) atoms. The lowest BCUT2D eigenvalue weighted by molar-refractivity contribution is 0.187. The van der Waals surface area contributed by atoms with Gasteiger partial charge in [-0.3, -0.25) is 0 Å². The highest BCUT2D eigenvalue weighted by molar-refractivity contribution is 6.34. The van der Waals surface area contributed by atoms with Gasteiger partial charge in [0.1, 0.15) is 16.7 Å². The van der Waals surface area contributed by atoms with Crippen molar-refractivity contribution in [1.29, 1.82) is 0 Å². The third-order valence-corrected chi connectivity index (χ3v) is 6.77. The predicted octanol–water partition coefficient (Wildman–Crippen LogP) is 4.16. The molecule has 1 fully saturated rings. The number of pyridine rings is 1. The Bertz CT molecular complexity index is 1070. The topological polar surface area (TPSA) is 103 Å². The summed E-state index contributed by atoms with van der Waals surface area (Å²) in [6.45, 7) is 1.81. The second-order valence-corrected chi connectivity index (χ2v) is 8.40. The van der Waals surface area contributed by atoms with Gasteiger partial charge in [0.05, 0.1) is 12.4 Å². The van der Waals surface area contributed by atoms with Crippen molar-refractivity contribution in [1.82, 2.24) is 15.0 Å². The number of benzene rings is 1. The summed E-state index contributed by atoms with van der Waals surface area (Å²) < 4.78 is 5.70. The molecule has 0 amide bonds. The molecule has 3 heterocycles. The second kappa shape index (κ2) is 8.49. The lowest BCUT2D eigenvalue weighted by Crippen LogP contribution is -2.44. The van der Waals surface area contributed by atoms with Gasteiger partial charge in [-0.1, -0.05) is 35.9 Å². The first kappa shape index (κ1) is 21.6. The van der Waals surface area contributed by atoms with Gasteiger partial charge in [0, 0.05) is 31.4 Å². The van der Waals surface area contributed by atoms with Crippen LogP contribution in [0.4, 0.5) is 11.6 Å². The summed E-state index contributed by atoms with van der Waals surface area (Å²) in [4.78, 5) is 15.1. The summed E-state index contributed by atoms with van der Waals surface area (Å²) in [5.74, 6) is 1.81. The molecule has 2 aromatic heterocycles. The van der Waals surface area contributed by atoms with Crippen molar-refractivity contribution >= 4 is 35.6 Å². The molecule has 1 aliphatic heterocycles. The average Bonchev–Trinajstić information content (AvgIpc) is 3.04. The monoisotopic (exact) mass is 458 g/mol. The molecule has 1 spiro atoms. The molecule has 162 valence electrons. The van der Waals surface area contributed by atoms with Crippen molar-refractivity contribution in [2.45, 2.75) is 25.3 Å². The smallest absolute Gasteiger partial charge is 0.238 e. The molecule has 1 aliphatic carbocycles. The fraction of sp³-hybridized carbons (Fsp3) is 0.318. The summed E-state index contributed by atoms with van der Waals surface area (Å²) in [6.07, 6.45) is 8.00. The number of halogens is 2. The van der Waals surface area contributed by atoms with Gasteiger partial charge >= 0.3 is 0 Å². The minimum absolute atomic E-state index is 0. The zero-order chi connectivity index (χ0) is 20.7. The Morgan fingerprint density at radius 2 is 1.84 bits per heavy atom. The Morgan fingerprint density at radius 3 is 2.55 bits per heavy atom.